The monoisotopic (exact) mass is 352 g/mol. The van der Waals surface area contributed by atoms with Crippen LogP contribution < -0.4 is 0 Å². The van der Waals surface area contributed by atoms with Crippen LogP contribution >= 0.6 is 0 Å². The number of hydrogen-bond donors (Lipinski definition) is 0. The molecule has 2 nitrogen and oxygen atoms in total. The molecule has 0 rings (SSSR count). The maximum absolute atomic E-state index is 13.7. The number of hydrogen-bond acceptors (Lipinski definition) is 2. The van der Waals surface area contributed by atoms with E-state index in [9.17, 15) is 43.9 Å². The second kappa shape index (κ2) is 7.02. The Morgan fingerprint density at radius 1 is 0.955 bits per heavy atom. The van der Waals surface area contributed by atoms with Gasteiger partial charge in [0.15, 0.2) is 6.67 Å². The van der Waals surface area contributed by atoms with Crippen molar-refractivity contribution < 1.29 is 53.4 Å². The van der Waals surface area contributed by atoms with Gasteiger partial charge in [0.2, 0.25) is 0 Å². The lowest BCUT2D eigenvalue weighted by Crippen LogP contribution is -2.59. The average molecular weight is 352 g/mol. The Bertz CT molecular complexity index is 364. The third kappa shape index (κ3) is 5.30. The van der Waals surface area contributed by atoms with E-state index < -0.39 is 50.1 Å². The van der Waals surface area contributed by atoms with Gasteiger partial charge in [0.05, 0.1) is 13.2 Å². The van der Waals surface area contributed by atoms with Crippen molar-refractivity contribution in [1.82, 2.24) is 0 Å². The van der Waals surface area contributed by atoms with Gasteiger partial charge in [-0.2, -0.15) is 35.1 Å². The minimum atomic E-state index is -6.52. The Hall–Kier alpha value is -1.04. The number of alkyl halides is 10. The van der Waals surface area contributed by atoms with E-state index in [4.69, 9.17) is 0 Å². The van der Waals surface area contributed by atoms with E-state index in [0.717, 1.165) is 6.08 Å². The third-order valence-electron chi connectivity index (χ3n) is 2.20. The molecule has 0 aromatic heterocycles. The van der Waals surface area contributed by atoms with Crippen LogP contribution in [0.2, 0.25) is 0 Å². The molecule has 2 unspecified atom stereocenters. The zero-order valence-corrected chi connectivity index (χ0v) is 10.6. The van der Waals surface area contributed by atoms with Gasteiger partial charge in [-0.1, -0.05) is 6.08 Å². The fraction of sp³-hybridized carbons (Fsp3) is 0.800. The molecule has 0 aliphatic heterocycles. The molecule has 0 aliphatic rings. The molecule has 0 fully saturated rings. The highest BCUT2D eigenvalue weighted by molar-refractivity contribution is 4.91. The highest BCUT2D eigenvalue weighted by atomic mass is 19.4. The van der Waals surface area contributed by atoms with Crippen molar-refractivity contribution in [1.29, 1.82) is 0 Å². The van der Waals surface area contributed by atoms with E-state index in [0.29, 0.717) is 0 Å². The molecule has 0 amide bonds. The van der Waals surface area contributed by atoms with Crippen LogP contribution in [-0.4, -0.2) is 44.2 Å². The fourth-order valence-corrected chi connectivity index (χ4v) is 1.25. The van der Waals surface area contributed by atoms with E-state index in [-0.39, 0.29) is 0 Å². The molecule has 0 saturated carbocycles. The van der Waals surface area contributed by atoms with Gasteiger partial charge >= 0.3 is 24.3 Å². The van der Waals surface area contributed by atoms with Gasteiger partial charge in [-0.15, -0.1) is 6.58 Å². The van der Waals surface area contributed by atoms with Crippen molar-refractivity contribution in [2.75, 3.05) is 19.9 Å². The second-order valence-corrected chi connectivity index (χ2v) is 3.94. The zero-order chi connectivity index (χ0) is 17.8. The van der Waals surface area contributed by atoms with E-state index in [1.165, 1.54) is 0 Å². The summed E-state index contributed by atoms with van der Waals surface area (Å²) in [5.41, 5.74) is 0. The van der Waals surface area contributed by atoms with Crippen LogP contribution in [0.3, 0.4) is 0 Å². The molecule has 0 spiro atoms. The van der Waals surface area contributed by atoms with Crippen LogP contribution in [0.5, 0.6) is 0 Å². The minimum absolute atomic E-state index is 0.708. The van der Waals surface area contributed by atoms with Gasteiger partial charge < -0.3 is 4.74 Å². The Morgan fingerprint density at radius 3 is 1.77 bits per heavy atom. The topological polar surface area (TPSA) is 18.5 Å². The molecule has 0 aromatic rings. The molecular formula is C10H10F10O2. The zero-order valence-electron chi connectivity index (χ0n) is 10.6. The van der Waals surface area contributed by atoms with E-state index in [1.807, 2.05) is 0 Å². The highest BCUT2D eigenvalue weighted by Gasteiger charge is 2.72. The lowest BCUT2D eigenvalue weighted by atomic mass is 9.99. The molecule has 0 N–H and O–H groups in total. The average Bonchev–Trinajstić information content (AvgIpc) is 2.31. The quantitative estimate of drug-likeness (QED) is 0.371. The smallest absolute Gasteiger partial charge is 0.377 e. The van der Waals surface area contributed by atoms with Crippen molar-refractivity contribution in [3.05, 3.63) is 12.7 Å². The van der Waals surface area contributed by atoms with Crippen molar-refractivity contribution >= 4 is 0 Å². The van der Waals surface area contributed by atoms with Crippen molar-refractivity contribution in [2.24, 2.45) is 5.92 Å². The maximum Gasteiger partial charge on any atom is 0.449 e. The summed E-state index contributed by atoms with van der Waals surface area (Å²) in [6.07, 6.45) is -17.1. The van der Waals surface area contributed by atoms with Gasteiger partial charge in [0, 0.05) is 0 Å². The Balaban J connectivity index is 5.71. The lowest BCUT2D eigenvalue weighted by Gasteiger charge is -2.37. The molecule has 22 heavy (non-hydrogen) atoms. The number of ether oxygens (including phenoxy) is 2. The van der Waals surface area contributed by atoms with E-state index >= 15 is 0 Å². The minimum Gasteiger partial charge on any atom is -0.377 e. The highest BCUT2D eigenvalue weighted by Crippen LogP contribution is 2.49. The standard InChI is InChI=1S/C10H10F10O2/c1-2-3-21-4-6(9(15,16)17)8(14,10(18,19)20)22-7(12,13)5-11/h2,6H,1,3-5H2. The molecule has 12 heteroatoms. The third-order valence-corrected chi connectivity index (χ3v) is 2.20. The Morgan fingerprint density at radius 2 is 1.45 bits per heavy atom. The summed E-state index contributed by atoms with van der Waals surface area (Å²) < 4.78 is 133. The summed E-state index contributed by atoms with van der Waals surface area (Å²) in [7, 11) is 0. The first-order chi connectivity index (χ1) is 9.71. The molecule has 0 saturated heterocycles. The van der Waals surface area contributed by atoms with Crippen LogP contribution in [0.25, 0.3) is 0 Å². The SMILES string of the molecule is C=CCOCC(C(F)(F)F)C(F)(OC(F)(F)CF)C(F)(F)F. The van der Waals surface area contributed by atoms with Gasteiger partial charge in [-0.05, 0) is 0 Å². The maximum atomic E-state index is 13.7. The summed E-state index contributed by atoms with van der Waals surface area (Å²) in [5, 5.41) is 0. The summed E-state index contributed by atoms with van der Waals surface area (Å²) in [6, 6.07) is 0. The summed E-state index contributed by atoms with van der Waals surface area (Å²) in [4.78, 5) is 0. The first kappa shape index (κ1) is 21.0. The van der Waals surface area contributed by atoms with Gasteiger partial charge in [0.1, 0.15) is 5.92 Å². The predicted octanol–water partition coefficient (Wildman–Crippen LogP) is 4.17. The molecule has 2 atom stereocenters. The molecule has 0 bridgehead atoms. The van der Waals surface area contributed by atoms with Crippen molar-refractivity contribution in [3.8, 4) is 0 Å². The first-order valence-corrected chi connectivity index (χ1v) is 5.36. The summed E-state index contributed by atoms with van der Waals surface area (Å²) in [5.74, 6) is -10.1. The van der Waals surface area contributed by atoms with Crippen LogP contribution in [0.1, 0.15) is 0 Å². The molecule has 0 aromatic carbocycles. The van der Waals surface area contributed by atoms with Crippen molar-refractivity contribution in [3.63, 3.8) is 0 Å². The second-order valence-electron chi connectivity index (χ2n) is 3.94. The number of rotatable bonds is 8. The van der Waals surface area contributed by atoms with Crippen LogP contribution in [0, 0.1) is 5.92 Å². The molecule has 132 valence electrons. The normalized spacial score (nSPS) is 17.9. The largest absolute Gasteiger partial charge is 0.449 e. The first-order valence-electron chi connectivity index (χ1n) is 5.36. The number of halogens is 10. The molecule has 0 heterocycles. The molecular weight excluding hydrogens is 342 g/mol. The summed E-state index contributed by atoms with van der Waals surface area (Å²) >= 11 is 0. The van der Waals surface area contributed by atoms with E-state index in [1.54, 1.807) is 0 Å². The van der Waals surface area contributed by atoms with E-state index in [2.05, 4.69) is 16.1 Å². The van der Waals surface area contributed by atoms with Crippen LogP contribution in [-0.2, 0) is 9.47 Å². The van der Waals surface area contributed by atoms with Crippen LogP contribution in [0.4, 0.5) is 43.9 Å². The van der Waals surface area contributed by atoms with Gasteiger partial charge in [0.25, 0.3) is 0 Å². The molecule has 0 radical (unpaired) electrons. The van der Waals surface area contributed by atoms with Crippen molar-refractivity contribution in [2.45, 2.75) is 24.3 Å². The predicted molar refractivity (Wildman–Crippen MR) is 52.5 cm³/mol. The molecule has 0 aliphatic carbocycles. The Kier molecular flexibility index (Phi) is 6.69. The summed E-state index contributed by atoms with van der Waals surface area (Å²) in [6.45, 7) is -2.67. The fourth-order valence-electron chi connectivity index (χ4n) is 1.25. The Labute approximate surface area is 117 Å². The van der Waals surface area contributed by atoms with Gasteiger partial charge in [-0.3, -0.25) is 4.74 Å². The van der Waals surface area contributed by atoms with Gasteiger partial charge in [-0.25, -0.2) is 8.78 Å². The van der Waals surface area contributed by atoms with Crippen LogP contribution in [0.15, 0.2) is 12.7 Å². The lowest BCUT2D eigenvalue weighted by molar-refractivity contribution is -0.449.